The Balaban J connectivity index is 2.57. The van der Waals surface area contributed by atoms with E-state index in [1.54, 1.807) is 6.92 Å². The second-order valence-corrected chi connectivity index (χ2v) is 4.95. The number of aliphatic hydroxyl groups is 1. The van der Waals surface area contributed by atoms with Crippen molar-refractivity contribution in [2.75, 3.05) is 14.2 Å². The predicted octanol–water partition coefficient (Wildman–Crippen LogP) is 1.88. The van der Waals surface area contributed by atoms with Crippen molar-refractivity contribution >= 4 is 5.97 Å². The van der Waals surface area contributed by atoms with Crippen LogP contribution >= 0.6 is 0 Å². The minimum atomic E-state index is -1.50. The Bertz CT molecular complexity index is 423. The number of ether oxygens (including phenoxy) is 3. The van der Waals surface area contributed by atoms with Gasteiger partial charge in [0.05, 0.1) is 6.42 Å². The molecule has 1 rings (SSSR count). The number of esters is 1. The van der Waals surface area contributed by atoms with Gasteiger partial charge in [-0.25, -0.2) is 0 Å². The van der Waals surface area contributed by atoms with E-state index < -0.39 is 17.4 Å². The summed E-state index contributed by atoms with van der Waals surface area (Å²) in [6, 6.07) is 9.34. The minimum Gasteiger partial charge on any atom is -0.461 e. The molecule has 0 aliphatic rings. The lowest BCUT2D eigenvalue weighted by atomic mass is 9.92. The molecule has 0 fully saturated rings. The maximum atomic E-state index is 11.8. The Morgan fingerprint density at radius 2 is 1.70 bits per heavy atom. The highest BCUT2D eigenvalue weighted by atomic mass is 16.7. The molecule has 0 spiro atoms. The van der Waals surface area contributed by atoms with Gasteiger partial charge in [-0.1, -0.05) is 30.3 Å². The summed E-state index contributed by atoms with van der Waals surface area (Å²) in [5.41, 5.74) is -0.605. The van der Waals surface area contributed by atoms with Crippen molar-refractivity contribution in [3.63, 3.8) is 0 Å². The first-order valence-electron chi connectivity index (χ1n) is 6.37. The Morgan fingerprint density at radius 3 is 2.20 bits per heavy atom. The van der Waals surface area contributed by atoms with Gasteiger partial charge in [-0.3, -0.25) is 4.79 Å². The minimum absolute atomic E-state index is 0.173. The summed E-state index contributed by atoms with van der Waals surface area (Å²) < 4.78 is 15.4. The molecule has 0 unspecified atom stereocenters. The van der Waals surface area contributed by atoms with E-state index >= 15 is 0 Å². The van der Waals surface area contributed by atoms with Crippen LogP contribution in [0.25, 0.3) is 0 Å². The summed E-state index contributed by atoms with van der Waals surface area (Å²) >= 11 is 0. The zero-order valence-corrected chi connectivity index (χ0v) is 12.4. The lowest BCUT2D eigenvalue weighted by molar-refractivity contribution is -0.287. The van der Waals surface area contributed by atoms with Gasteiger partial charge in [0, 0.05) is 14.2 Å². The van der Waals surface area contributed by atoms with Crippen molar-refractivity contribution in [2.45, 2.75) is 38.3 Å². The van der Waals surface area contributed by atoms with E-state index in [9.17, 15) is 9.90 Å². The molecule has 0 amide bonds. The van der Waals surface area contributed by atoms with Crippen LogP contribution in [-0.2, 0) is 25.6 Å². The first-order chi connectivity index (χ1) is 9.34. The highest BCUT2D eigenvalue weighted by Gasteiger charge is 2.46. The van der Waals surface area contributed by atoms with E-state index in [1.807, 2.05) is 30.3 Å². The van der Waals surface area contributed by atoms with E-state index in [0.717, 1.165) is 5.56 Å². The Hall–Kier alpha value is -1.43. The standard InChI is InChI=1S/C15H22O5/c1-14(17,15(2,18-3)19-4)10-13(16)20-11-12-8-6-5-7-9-12/h5-9,17H,10-11H2,1-4H3/t14-/m0/s1. The van der Waals surface area contributed by atoms with Crippen LogP contribution in [0.5, 0.6) is 0 Å². The topological polar surface area (TPSA) is 65.0 Å². The highest BCUT2D eigenvalue weighted by Crippen LogP contribution is 2.29. The smallest absolute Gasteiger partial charge is 0.309 e. The number of benzene rings is 1. The van der Waals surface area contributed by atoms with Gasteiger partial charge in [0.25, 0.3) is 0 Å². The van der Waals surface area contributed by atoms with E-state index in [2.05, 4.69) is 0 Å². The fraction of sp³-hybridized carbons (Fsp3) is 0.533. The normalized spacial score (nSPS) is 14.7. The molecule has 0 radical (unpaired) electrons. The Labute approximate surface area is 119 Å². The van der Waals surface area contributed by atoms with Crippen molar-refractivity contribution in [2.24, 2.45) is 0 Å². The molecule has 0 aliphatic carbocycles. The molecule has 0 aromatic heterocycles. The SMILES string of the molecule is COC(C)(OC)[C@@](C)(O)CC(=O)OCc1ccccc1. The van der Waals surface area contributed by atoms with Gasteiger partial charge in [-0.05, 0) is 19.4 Å². The summed E-state index contributed by atoms with van der Waals surface area (Å²) in [4.78, 5) is 11.8. The fourth-order valence-electron chi connectivity index (χ4n) is 1.75. The lowest BCUT2D eigenvalue weighted by Crippen LogP contribution is -2.54. The van der Waals surface area contributed by atoms with Crippen LogP contribution in [0.3, 0.4) is 0 Å². The molecule has 112 valence electrons. The van der Waals surface area contributed by atoms with Crippen LogP contribution in [0.4, 0.5) is 0 Å². The first kappa shape index (κ1) is 16.6. The maximum Gasteiger partial charge on any atom is 0.309 e. The number of carbonyl (C=O) groups excluding carboxylic acids is 1. The van der Waals surface area contributed by atoms with E-state index in [-0.39, 0.29) is 13.0 Å². The van der Waals surface area contributed by atoms with E-state index in [0.29, 0.717) is 0 Å². The van der Waals surface area contributed by atoms with Crippen molar-refractivity contribution in [1.82, 2.24) is 0 Å². The van der Waals surface area contributed by atoms with Crippen molar-refractivity contribution < 1.29 is 24.1 Å². The van der Waals surface area contributed by atoms with Crippen molar-refractivity contribution in [3.05, 3.63) is 35.9 Å². The van der Waals surface area contributed by atoms with Crippen LogP contribution in [0.2, 0.25) is 0 Å². The molecule has 0 aliphatic heterocycles. The van der Waals surface area contributed by atoms with Crippen LogP contribution < -0.4 is 0 Å². The number of hydrogen-bond donors (Lipinski definition) is 1. The Kier molecular flexibility index (Phi) is 5.68. The van der Waals surface area contributed by atoms with Gasteiger partial charge in [-0.15, -0.1) is 0 Å². The predicted molar refractivity (Wildman–Crippen MR) is 73.9 cm³/mol. The largest absolute Gasteiger partial charge is 0.461 e. The van der Waals surface area contributed by atoms with Gasteiger partial charge in [0.2, 0.25) is 0 Å². The van der Waals surface area contributed by atoms with Gasteiger partial charge in [0.1, 0.15) is 12.2 Å². The van der Waals surface area contributed by atoms with Gasteiger partial charge >= 0.3 is 5.97 Å². The van der Waals surface area contributed by atoms with Crippen LogP contribution in [0, 0.1) is 0 Å². The number of methoxy groups -OCH3 is 2. The molecule has 1 aromatic carbocycles. The monoisotopic (exact) mass is 282 g/mol. The molecule has 0 bridgehead atoms. The zero-order chi connectivity index (χ0) is 15.2. The first-order valence-corrected chi connectivity index (χ1v) is 6.37. The summed E-state index contributed by atoms with van der Waals surface area (Å²) in [5, 5.41) is 10.4. The molecular weight excluding hydrogens is 260 g/mol. The molecule has 1 atom stereocenters. The molecule has 20 heavy (non-hydrogen) atoms. The van der Waals surface area contributed by atoms with Gasteiger partial charge < -0.3 is 19.3 Å². The fourth-order valence-corrected chi connectivity index (χ4v) is 1.75. The molecule has 0 heterocycles. The molecule has 1 N–H and O–H groups in total. The average molecular weight is 282 g/mol. The molecular formula is C15H22O5. The van der Waals surface area contributed by atoms with Gasteiger partial charge in [0.15, 0.2) is 5.79 Å². The molecule has 0 saturated carbocycles. The third-order valence-corrected chi connectivity index (χ3v) is 3.49. The molecule has 0 saturated heterocycles. The third-order valence-electron chi connectivity index (χ3n) is 3.49. The van der Waals surface area contributed by atoms with Crippen molar-refractivity contribution in [1.29, 1.82) is 0 Å². The second-order valence-electron chi connectivity index (χ2n) is 4.95. The molecule has 1 aromatic rings. The Morgan fingerprint density at radius 1 is 1.15 bits per heavy atom. The summed E-state index contributed by atoms with van der Waals surface area (Å²) in [6.07, 6.45) is -0.224. The molecule has 5 nitrogen and oxygen atoms in total. The quantitative estimate of drug-likeness (QED) is 0.611. The lowest BCUT2D eigenvalue weighted by Gasteiger charge is -2.39. The maximum absolute atomic E-state index is 11.8. The van der Waals surface area contributed by atoms with Crippen molar-refractivity contribution in [3.8, 4) is 0 Å². The molecule has 5 heteroatoms. The summed E-state index contributed by atoms with van der Waals surface area (Å²) in [7, 11) is 2.82. The third kappa shape index (κ3) is 4.03. The second kappa shape index (κ2) is 6.83. The average Bonchev–Trinajstić information content (AvgIpc) is 2.44. The number of rotatable bonds is 7. The number of hydrogen-bond acceptors (Lipinski definition) is 5. The van der Waals surface area contributed by atoms with E-state index in [1.165, 1.54) is 21.1 Å². The summed E-state index contributed by atoms with van der Waals surface area (Å²) in [6.45, 7) is 3.22. The van der Waals surface area contributed by atoms with E-state index in [4.69, 9.17) is 14.2 Å². The summed E-state index contributed by atoms with van der Waals surface area (Å²) in [5.74, 6) is -1.79. The van der Waals surface area contributed by atoms with Crippen LogP contribution in [-0.4, -0.2) is 36.7 Å². The van der Waals surface area contributed by atoms with Gasteiger partial charge in [-0.2, -0.15) is 0 Å². The zero-order valence-electron chi connectivity index (χ0n) is 12.4. The highest BCUT2D eigenvalue weighted by molar-refractivity contribution is 5.70. The number of carbonyl (C=O) groups is 1. The van der Waals surface area contributed by atoms with Crippen LogP contribution in [0.1, 0.15) is 25.8 Å². The van der Waals surface area contributed by atoms with Crippen LogP contribution in [0.15, 0.2) is 30.3 Å².